The van der Waals surface area contributed by atoms with Gasteiger partial charge in [0.2, 0.25) is 0 Å². The second-order valence-corrected chi connectivity index (χ2v) is 4.98. The summed E-state index contributed by atoms with van der Waals surface area (Å²) < 4.78 is 6.38. The van der Waals surface area contributed by atoms with Crippen LogP contribution in [0.3, 0.4) is 0 Å². The lowest BCUT2D eigenvalue weighted by molar-refractivity contribution is 0.223. The molecule has 1 N–H and O–H groups in total. The molecule has 0 heterocycles. The van der Waals surface area contributed by atoms with E-state index < -0.39 is 0 Å². The van der Waals surface area contributed by atoms with Crippen molar-refractivity contribution in [2.75, 3.05) is 7.11 Å². The maximum Gasteiger partial charge on any atom is 0.122 e. The van der Waals surface area contributed by atoms with Gasteiger partial charge in [-0.15, -0.1) is 0 Å². The maximum atomic E-state index is 9.44. The highest BCUT2D eigenvalue weighted by atomic mass is 79.9. The van der Waals surface area contributed by atoms with E-state index in [9.17, 15) is 5.11 Å². The molecule has 1 atom stereocenters. The Labute approximate surface area is 104 Å². The number of aliphatic hydroxyl groups excluding tert-OH is 1. The summed E-state index contributed by atoms with van der Waals surface area (Å²) in [4.78, 5) is 0. The predicted octanol–water partition coefficient (Wildman–Crippen LogP) is 3.08. The molecule has 2 nitrogen and oxygen atoms in total. The molecule has 0 spiro atoms. The van der Waals surface area contributed by atoms with Crippen molar-refractivity contribution in [1.82, 2.24) is 0 Å². The monoisotopic (exact) mass is 282 g/mol. The Morgan fingerprint density at radius 3 is 2.94 bits per heavy atom. The van der Waals surface area contributed by atoms with Gasteiger partial charge in [0.05, 0.1) is 13.2 Å². The van der Waals surface area contributed by atoms with Gasteiger partial charge in [0.1, 0.15) is 5.75 Å². The van der Waals surface area contributed by atoms with E-state index in [1.165, 1.54) is 5.57 Å². The number of halogens is 1. The highest BCUT2D eigenvalue weighted by Gasteiger charge is 2.14. The lowest BCUT2D eigenvalue weighted by atomic mass is 10.0. The minimum Gasteiger partial charge on any atom is -0.496 e. The average molecular weight is 283 g/mol. The van der Waals surface area contributed by atoms with Crippen molar-refractivity contribution in [3.05, 3.63) is 39.9 Å². The number of benzene rings is 1. The Kier molecular flexibility index (Phi) is 3.66. The number of aliphatic hydroxyl groups is 1. The zero-order valence-corrected chi connectivity index (χ0v) is 10.8. The molecule has 0 saturated heterocycles. The van der Waals surface area contributed by atoms with Gasteiger partial charge < -0.3 is 9.84 Å². The lowest BCUT2D eigenvalue weighted by Crippen LogP contribution is -1.94. The Balaban J connectivity index is 2.20. The minimum absolute atomic E-state index is 0.256. The fourth-order valence-corrected chi connectivity index (χ4v) is 2.46. The van der Waals surface area contributed by atoms with Crippen molar-refractivity contribution >= 4 is 15.9 Å². The Morgan fingerprint density at radius 2 is 2.31 bits per heavy atom. The van der Waals surface area contributed by atoms with E-state index in [2.05, 4.69) is 22.0 Å². The van der Waals surface area contributed by atoms with Crippen LogP contribution in [0.25, 0.3) is 0 Å². The van der Waals surface area contributed by atoms with Crippen LogP contribution in [0.15, 0.2) is 34.3 Å². The molecule has 0 aliphatic heterocycles. The quantitative estimate of drug-likeness (QED) is 0.864. The molecule has 2 rings (SSSR count). The summed E-state index contributed by atoms with van der Waals surface area (Å²) in [6, 6.07) is 6.01. The average Bonchev–Trinajstić information content (AvgIpc) is 2.64. The van der Waals surface area contributed by atoms with Gasteiger partial charge in [0.15, 0.2) is 0 Å². The Bertz CT molecular complexity index is 412. The topological polar surface area (TPSA) is 29.5 Å². The highest BCUT2D eigenvalue weighted by Crippen LogP contribution is 2.29. The first-order valence-electron chi connectivity index (χ1n) is 5.39. The number of rotatable bonds is 3. The molecule has 0 saturated carbocycles. The number of hydrogen-bond acceptors (Lipinski definition) is 2. The maximum absolute atomic E-state index is 9.44. The Hall–Kier alpha value is -0.800. The van der Waals surface area contributed by atoms with Crippen molar-refractivity contribution < 1.29 is 9.84 Å². The molecule has 0 radical (unpaired) electrons. The third-order valence-electron chi connectivity index (χ3n) is 2.85. The number of hydrogen-bond donors (Lipinski definition) is 1. The standard InChI is InChI=1S/C13H15BrO2/c1-16-13-5-3-11(14)8-10(13)6-9-2-4-12(15)7-9/h3,5,7-8,12,15H,2,4,6H2,1H3. The fraction of sp³-hybridized carbons (Fsp3) is 0.385. The Morgan fingerprint density at radius 1 is 1.50 bits per heavy atom. The van der Waals surface area contributed by atoms with Crippen LogP contribution in [0.5, 0.6) is 5.75 Å². The highest BCUT2D eigenvalue weighted by molar-refractivity contribution is 9.10. The molecule has 0 aromatic heterocycles. The molecule has 1 aliphatic carbocycles. The first-order valence-corrected chi connectivity index (χ1v) is 6.18. The van der Waals surface area contributed by atoms with Crippen LogP contribution in [0.4, 0.5) is 0 Å². The molecule has 3 heteroatoms. The molecule has 1 aromatic carbocycles. The summed E-state index contributed by atoms with van der Waals surface area (Å²) in [6.45, 7) is 0. The van der Waals surface area contributed by atoms with Crippen LogP contribution in [0, 0.1) is 0 Å². The van der Waals surface area contributed by atoms with E-state index in [0.717, 1.165) is 35.0 Å². The first kappa shape index (κ1) is 11.7. The smallest absolute Gasteiger partial charge is 0.122 e. The summed E-state index contributed by atoms with van der Waals surface area (Å²) >= 11 is 3.46. The van der Waals surface area contributed by atoms with Gasteiger partial charge in [-0.2, -0.15) is 0 Å². The van der Waals surface area contributed by atoms with Crippen molar-refractivity contribution in [3.63, 3.8) is 0 Å². The van der Waals surface area contributed by atoms with Crippen molar-refractivity contribution in [1.29, 1.82) is 0 Å². The van der Waals surface area contributed by atoms with E-state index in [0.29, 0.717) is 0 Å². The normalized spacial score (nSPS) is 19.7. The molecule has 86 valence electrons. The van der Waals surface area contributed by atoms with Gasteiger partial charge in [-0.1, -0.05) is 27.6 Å². The van der Waals surface area contributed by atoms with Crippen molar-refractivity contribution in [2.45, 2.75) is 25.4 Å². The zero-order valence-electron chi connectivity index (χ0n) is 9.24. The number of methoxy groups -OCH3 is 1. The molecule has 16 heavy (non-hydrogen) atoms. The van der Waals surface area contributed by atoms with Gasteiger partial charge in [-0.25, -0.2) is 0 Å². The molecule has 0 bridgehead atoms. The summed E-state index contributed by atoms with van der Waals surface area (Å²) in [5.74, 6) is 0.908. The second-order valence-electron chi connectivity index (χ2n) is 4.06. The molecule has 1 unspecified atom stereocenters. The summed E-state index contributed by atoms with van der Waals surface area (Å²) in [7, 11) is 1.69. The van der Waals surface area contributed by atoms with Gasteiger partial charge >= 0.3 is 0 Å². The largest absolute Gasteiger partial charge is 0.496 e. The molecular formula is C13H15BrO2. The third-order valence-corrected chi connectivity index (χ3v) is 3.34. The minimum atomic E-state index is -0.256. The molecule has 1 aromatic rings. The van der Waals surface area contributed by atoms with E-state index in [1.807, 2.05) is 18.2 Å². The molecule has 0 fully saturated rings. The molecule has 0 amide bonds. The first-order chi connectivity index (χ1) is 7.69. The van der Waals surface area contributed by atoms with Crippen LogP contribution < -0.4 is 4.74 Å². The molecule has 1 aliphatic rings. The van der Waals surface area contributed by atoms with Crippen LogP contribution in [-0.4, -0.2) is 18.3 Å². The van der Waals surface area contributed by atoms with E-state index in [1.54, 1.807) is 7.11 Å². The van der Waals surface area contributed by atoms with Gasteiger partial charge in [-0.3, -0.25) is 0 Å². The van der Waals surface area contributed by atoms with Crippen LogP contribution in [0.2, 0.25) is 0 Å². The molecular weight excluding hydrogens is 268 g/mol. The van der Waals surface area contributed by atoms with E-state index >= 15 is 0 Å². The third kappa shape index (κ3) is 2.66. The van der Waals surface area contributed by atoms with Crippen LogP contribution in [0.1, 0.15) is 18.4 Å². The zero-order chi connectivity index (χ0) is 11.5. The summed E-state index contributed by atoms with van der Waals surface area (Å²) in [5.41, 5.74) is 2.46. The van der Waals surface area contributed by atoms with Crippen molar-refractivity contribution in [3.8, 4) is 5.75 Å². The SMILES string of the molecule is COc1ccc(Br)cc1CC1=CC(O)CC1. The summed E-state index contributed by atoms with van der Waals surface area (Å²) in [6.07, 6.45) is 4.40. The number of allylic oxidation sites excluding steroid dienone is 1. The van der Waals surface area contributed by atoms with Crippen LogP contribution >= 0.6 is 15.9 Å². The van der Waals surface area contributed by atoms with E-state index in [4.69, 9.17) is 4.74 Å². The predicted molar refractivity (Wildman–Crippen MR) is 67.7 cm³/mol. The van der Waals surface area contributed by atoms with Gasteiger partial charge in [0.25, 0.3) is 0 Å². The van der Waals surface area contributed by atoms with E-state index in [-0.39, 0.29) is 6.10 Å². The van der Waals surface area contributed by atoms with Gasteiger partial charge in [-0.05, 0) is 43.0 Å². The summed E-state index contributed by atoms with van der Waals surface area (Å²) in [5, 5.41) is 9.44. The van der Waals surface area contributed by atoms with Crippen LogP contribution in [-0.2, 0) is 6.42 Å². The van der Waals surface area contributed by atoms with Crippen molar-refractivity contribution in [2.24, 2.45) is 0 Å². The lowest BCUT2D eigenvalue weighted by Gasteiger charge is -2.09. The second kappa shape index (κ2) is 5.02. The van der Waals surface area contributed by atoms with Gasteiger partial charge in [0, 0.05) is 4.47 Å². The fourth-order valence-electron chi connectivity index (χ4n) is 2.05. The number of ether oxygens (including phenoxy) is 1.